The Hall–Kier alpha value is -0.620. The molecule has 0 spiro atoms. The summed E-state index contributed by atoms with van der Waals surface area (Å²) >= 11 is 0. The second-order valence-corrected chi connectivity index (χ2v) is 9.13. The van der Waals surface area contributed by atoms with E-state index in [0.717, 1.165) is 42.0 Å². The summed E-state index contributed by atoms with van der Waals surface area (Å²) in [6.07, 6.45) is 4.53. The van der Waals surface area contributed by atoms with E-state index < -0.39 is 10.0 Å². The van der Waals surface area contributed by atoms with Crippen molar-refractivity contribution in [1.82, 2.24) is 9.62 Å². The maximum Gasteiger partial charge on any atom is 0.243 e. The summed E-state index contributed by atoms with van der Waals surface area (Å²) in [5, 5.41) is 3.60. The topological polar surface area (TPSA) is 49.4 Å². The van der Waals surface area contributed by atoms with Gasteiger partial charge in [-0.2, -0.15) is 4.31 Å². The number of nitrogens with one attached hydrogen (secondary N) is 1. The van der Waals surface area contributed by atoms with E-state index in [1.807, 2.05) is 32.9 Å². The van der Waals surface area contributed by atoms with Crippen molar-refractivity contribution in [2.24, 2.45) is 5.92 Å². The molecule has 0 aromatic heterocycles. The Labute approximate surface area is 152 Å². The fourth-order valence-electron chi connectivity index (χ4n) is 3.66. The minimum Gasteiger partial charge on any atom is -0.314 e. The molecule has 0 atom stereocenters. The minimum absolute atomic E-state index is 0. The zero-order chi connectivity index (χ0) is 16.6. The molecule has 0 bridgehead atoms. The Morgan fingerprint density at radius 2 is 1.58 bits per heavy atom. The highest BCUT2D eigenvalue weighted by Gasteiger charge is 2.32. The van der Waals surface area contributed by atoms with Crippen LogP contribution in [0, 0.1) is 26.7 Å². The maximum atomic E-state index is 13.0. The number of hydrogen-bond acceptors (Lipinski definition) is 3. The quantitative estimate of drug-likeness (QED) is 0.863. The van der Waals surface area contributed by atoms with Crippen LogP contribution in [0.4, 0.5) is 0 Å². The van der Waals surface area contributed by atoms with Gasteiger partial charge in [-0.1, -0.05) is 17.7 Å². The Balaban J connectivity index is 0.00000208. The summed E-state index contributed by atoms with van der Waals surface area (Å²) in [7, 11) is -3.38. The lowest BCUT2D eigenvalue weighted by atomic mass is 10.1. The molecule has 136 valence electrons. The number of halogens is 1. The highest BCUT2D eigenvalue weighted by molar-refractivity contribution is 7.89. The van der Waals surface area contributed by atoms with Crippen molar-refractivity contribution in [3.63, 3.8) is 0 Å². The van der Waals surface area contributed by atoms with E-state index in [-0.39, 0.29) is 12.4 Å². The first kappa shape index (κ1) is 19.7. The summed E-state index contributed by atoms with van der Waals surface area (Å²) in [6, 6.07) is 4.40. The van der Waals surface area contributed by atoms with Crippen LogP contribution < -0.4 is 5.32 Å². The van der Waals surface area contributed by atoms with E-state index in [1.165, 1.54) is 12.8 Å². The van der Waals surface area contributed by atoms with Crippen molar-refractivity contribution in [2.75, 3.05) is 19.6 Å². The molecule has 0 amide bonds. The van der Waals surface area contributed by atoms with Crippen molar-refractivity contribution < 1.29 is 8.42 Å². The van der Waals surface area contributed by atoms with Crippen LogP contribution in [0.15, 0.2) is 17.0 Å². The average Bonchev–Trinajstić information content (AvgIpc) is 3.28. The second kappa shape index (κ2) is 7.73. The van der Waals surface area contributed by atoms with E-state index in [1.54, 1.807) is 4.31 Å². The summed E-state index contributed by atoms with van der Waals surface area (Å²) in [5.74, 6) is 0.870. The molecule has 1 saturated carbocycles. The summed E-state index contributed by atoms with van der Waals surface area (Å²) in [4.78, 5) is 0.507. The van der Waals surface area contributed by atoms with Gasteiger partial charge in [0.25, 0.3) is 0 Å². The van der Waals surface area contributed by atoms with Gasteiger partial charge in [-0.15, -0.1) is 12.4 Å². The third-order valence-electron chi connectivity index (χ3n) is 5.05. The van der Waals surface area contributed by atoms with Gasteiger partial charge >= 0.3 is 0 Å². The first-order valence-corrected chi connectivity index (χ1v) is 10.1. The number of benzene rings is 1. The molecule has 1 N–H and O–H groups in total. The predicted octanol–water partition coefficient (Wildman–Crippen LogP) is 3.19. The molecule has 1 aliphatic heterocycles. The van der Waals surface area contributed by atoms with Gasteiger partial charge in [-0.3, -0.25) is 0 Å². The van der Waals surface area contributed by atoms with Crippen molar-refractivity contribution in [2.45, 2.75) is 57.4 Å². The van der Waals surface area contributed by atoms with E-state index in [2.05, 4.69) is 5.32 Å². The van der Waals surface area contributed by atoms with Crippen LogP contribution in [0.25, 0.3) is 0 Å². The van der Waals surface area contributed by atoms with Crippen LogP contribution in [0.2, 0.25) is 0 Å². The molecule has 2 fully saturated rings. The molecule has 0 unspecified atom stereocenters. The van der Waals surface area contributed by atoms with E-state index in [9.17, 15) is 8.42 Å². The number of sulfonamides is 1. The normalized spacial score (nSPS) is 20.0. The SMILES string of the molecule is Cc1cc(C)c(S(=O)(=O)N2CCC(NCC3CC3)CC2)c(C)c1.Cl. The Bertz CT molecular complexity index is 655. The molecule has 1 aliphatic carbocycles. The zero-order valence-electron chi connectivity index (χ0n) is 14.8. The fourth-order valence-corrected chi connectivity index (χ4v) is 5.54. The lowest BCUT2D eigenvalue weighted by Gasteiger charge is -2.32. The summed E-state index contributed by atoms with van der Waals surface area (Å²) < 4.78 is 27.7. The average molecular weight is 373 g/mol. The number of aryl methyl sites for hydroxylation is 3. The molecule has 1 heterocycles. The molecule has 1 saturated heterocycles. The van der Waals surface area contributed by atoms with Gasteiger partial charge in [0.05, 0.1) is 4.90 Å². The zero-order valence-corrected chi connectivity index (χ0v) is 16.5. The second-order valence-electron chi connectivity index (χ2n) is 7.26. The number of nitrogens with zero attached hydrogens (tertiary/aromatic N) is 1. The Kier molecular flexibility index (Phi) is 6.35. The molecular formula is C18H29ClN2O2S. The van der Waals surface area contributed by atoms with Crippen LogP contribution in [0.3, 0.4) is 0 Å². The molecule has 3 rings (SSSR count). The van der Waals surface area contributed by atoms with Gasteiger partial charge in [-0.25, -0.2) is 8.42 Å². The lowest BCUT2D eigenvalue weighted by Crippen LogP contribution is -2.45. The monoisotopic (exact) mass is 372 g/mol. The van der Waals surface area contributed by atoms with E-state index >= 15 is 0 Å². The summed E-state index contributed by atoms with van der Waals surface area (Å²) in [6.45, 7) is 8.16. The molecule has 1 aromatic rings. The number of hydrogen-bond donors (Lipinski definition) is 1. The molecule has 0 radical (unpaired) electrons. The number of piperidine rings is 1. The summed E-state index contributed by atoms with van der Waals surface area (Å²) in [5.41, 5.74) is 2.83. The molecule has 1 aromatic carbocycles. The van der Waals surface area contributed by atoms with Crippen molar-refractivity contribution in [3.8, 4) is 0 Å². The van der Waals surface area contributed by atoms with Gasteiger partial charge in [0.1, 0.15) is 0 Å². The largest absolute Gasteiger partial charge is 0.314 e. The van der Waals surface area contributed by atoms with Crippen LogP contribution in [-0.2, 0) is 10.0 Å². The van der Waals surface area contributed by atoms with Crippen molar-refractivity contribution >= 4 is 22.4 Å². The Morgan fingerprint density at radius 1 is 1.04 bits per heavy atom. The van der Waals surface area contributed by atoms with Crippen LogP contribution >= 0.6 is 12.4 Å². The van der Waals surface area contributed by atoms with E-state index in [0.29, 0.717) is 24.0 Å². The van der Waals surface area contributed by atoms with Gasteiger partial charge in [-0.05, 0) is 70.0 Å². The third kappa shape index (κ3) is 4.31. The maximum absolute atomic E-state index is 13.0. The number of rotatable bonds is 5. The minimum atomic E-state index is -3.38. The predicted molar refractivity (Wildman–Crippen MR) is 100 cm³/mol. The Morgan fingerprint density at radius 3 is 2.08 bits per heavy atom. The highest BCUT2D eigenvalue weighted by atomic mass is 35.5. The van der Waals surface area contributed by atoms with Gasteiger partial charge in [0.15, 0.2) is 0 Å². The van der Waals surface area contributed by atoms with E-state index in [4.69, 9.17) is 0 Å². The lowest BCUT2D eigenvalue weighted by molar-refractivity contribution is 0.288. The molecule has 6 heteroatoms. The van der Waals surface area contributed by atoms with Crippen LogP contribution in [0.5, 0.6) is 0 Å². The third-order valence-corrected chi connectivity index (χ3v) is 7.25. The highest BCUT2D eigenvalue weighted by Crippen LogP contribution is 2.29. The van der Waals surface area contributed by atoms with Gasteiger partial charge in [0.2, 0.25) is 10.0 Å². The molecule has 4 nitrogen and oxygen atoms in total. The first-order valence-electron chi connectivity index (χ1n) is 8.69. The standard InChI is InChI=1S/C18H28N2O2S.ClH/c1-13-10-14(2)18(15(3)11-13)23(21,22)20-8-6-17(7-9-20)19-12-16-4-5-16;/h10-11,16-17,19H,4-9,12H2,1-3H3;1H. The molecule has 2 aliphatic rings. The fraction of sp³-hybridized carbons (Fsp3) is 0.667. The van der Waals surface area contributed by atoms with Gasteiger partial charge in [0, 0.05) is 19.1 Å². The smallest absolute Gasteiger partial charge is 0.243 e. The van der Waals surface area contributed by atoms with Crippen molar-refractivity contribution in [1.29, 1.82) is 0 Å². The van der Waals surface area contributed by atoms with Crippen LogP contribution in [-0.4, -0.2) is 38.4 Å². The molecule has 24 heavy (non-hydrogen) atoms. The first-order chi connectivity index (χ1) is 10.9. The van der Waals surface area contributed by atoms with Crippen molar-refractivity contribution in [3.05, 3.63) is 28.8 Å². The van der Waals surface area contributed by atoms with Crippen LogP contribution in [0.1, 0.15) is 42.4 Å². The molecular weight excluding hydrogens is 344 g/mol. The van der Waals surface area contributed by atoms with Gasteiger partial charge < -0.3 is 5.32 Å².